The van der Waals surface area contributed by atoms with Crippen LogP contribution in [0.2, 0.25) is 0 Å². The van der Waals surface area contributed by atoms with Crippen molar-refractivity contribution < 1.29 is 4.74 Å². The number of aryl methyl sites for hydroxylation is 1. The molecule has 0 saturated carbocycles. The Balaban J connectivity index is 1.97. The lowest BCUT2D eigenvalue weighted by Gasteiger charge is -2.25. The van der Waals surface area contributed by atoms with Crippen molar-refractivity contribution in [3.63, 3.8) is 0 Å². The zero-order valence-electron chi connectivity index (χ0n) is 12.7. The first-order chi connectivity index (χ1) is 10.3. The molecule has 0 bridgehead atoms. The van der Waals surface area contributed by atoms with Crippen LogP contribution in [0.15, 0.2) is 42.6 Å². The summed E-state index contributed by atoms with van der Waals surface area (Å²) >= 11 is 0. The van der Waals surface area contributed by atoms with E-state index in [9.17, 15) is 0 Å². The second-order valence-electron chi connectivity index (χ2n) is 5.43. The normalized spacial score (nSPS) is 18.3. The average Bonchev–Trinajstić information content (AvgIpc) is 2.94. The lowest BCUT2D eigenvalue weighted by atomic mass is 9.90. The van der Waals surface area contributed by atoms with Gasteiger partial charge in [0.1, 0.15) is 5.75 Å². The summed E-state index contributed by atoms with van der Waals surface area (Å²) in [6, 6.07) is 12.8. The summed E-state index contributed by atoms with van der Waals surface area (Å²) in [4.78, 5) is 4.63. The predicted octanol–water partition coefficient (Wildman–Crippen LogP) is 3.47. The van der Waals surface area contributed by atoms with Crippen LogP contribution >= 0.6 is 0 Å². The zero-order valence-corrected chi connectivity index (χ0v) is 12.7. The largest absolute Gasteiger partial charge is 0.494 e. The fraction of sp³-hybridized carbons (Fsp3) is 0.389. The number of benzene rings is 1. The Hall–Kier alpha value is -1.87. The van der Waals surface area contributed by atoms with Gasteiger partial charge < -0.3 is 10.1 Å². The highest BCUT2D eigenvalue weighted by molar-refractivity contribution is 5.40. The number of fused-ring (bicyclic) bond motifs is 1. The first-order valence-electron chi connectivity index (χ1n) is 7.68. The molecule has 0 spiro atoms. The third-order valence-corrected chi connectivity index (χ3v) is 4.27. The molecule has 0 radical (unpaired) electrons. The second kappa shape index (κ2) is 6.27. The number of hydrogen-bond acceptors (Lipinski definition) is 3. The number of likely N-dealkylation sites (N-methyl/N-ethyl adjacent to an activating group) is 1. The summed E-state index contributed by atoms with van der Waals surface area (Å²) in [5, 5.41) is 3.48. The van der Waals surface area contributed by atoms with Gasteiger partial charge in [-0.1, -0.05) is 24.3 Å². The van der Waals surface area contributed by atoms with Gasteiger partial charge in [-0.25, -0.2) is 0 Å². The number of nitrogens with zero attached hydrogens (tertiary/aromatic N) is 1. The van der Waals surface area contributed by atoms with E-state index in [1.807, 2.05) is 32.3 Å². The molecule has 2 aromatic rings. The van der Waals surface area contributed by atoms with Crippen molar-refractivity contribution in [3.8, 4) is 5.75 Å². The molecule has 3 nitrogen and oxygen atoms in total. The summed E-state index contributed by atoms with van der Waals surface area (Å²) in [5.74, 6) is 1.39. The van der Waals surface area contributed by atoms with Crippen LogP contribution in [0.25, 0.3) is 0 Å². The molecule has 0 fully saturated rings. The molecule has 1 aromatic heterocycles. The maximum atomic E-state index is 5.81. The quantitative estimate of drug-likeness (QED) is 0.911. The molecular weight excluding hydrogens is 260 g/mol. The lowest BCUT2D eigenvalue weighted by molar-refractivity contribution is 0.328. The Labute approximate surface area is 126 Å². The standard InChI is InChI=1S/C18H22N2O/c1-3-21-16-9-5-4-8-14(16)18(19-2)15-11-10-13-7-6-12-20-17(13)15/h4-9,12,15,18-19H,3,10-11H2,1-2H3. The monoisotopic (exact) mass is 282 g/mol. The number of pyridine rings is 1. The third kappa shape index (κ3) is 2.66. The van der Waals surface area contributed by atoms with Gasteiger partial charge >= 0.3 is 0 Å². The van der Waals surface area contributed by atoms with Gasteiger partial charge in [-0.15, -0.1) is 0 Å². The number of hydrogen-bond donors (Lipinski definition) is 1. The highest BCUT2D eigenvalue weighted by Gasteiger charge is 2.32. The van der Waals surface area contributed by atoms with Crippen molar-refractivity contribution in [3.05, 3.63) is 59.4 Å². The number of ether oxygens (including phenoxy) is 1. The molecule has 1 aliphatic carbocycles. The van der Waals surface area contributed by atoms with Crippen LogP contribution in [0.3, 0.4) is 0 Å². The molecule has 0 saturated heterocycles. The van der Waals surface area contributed by atoms with Crippen LogP contribution < -0.4 is 10.1 Å². The minimum absolute atomic E-state index is 0.240. The maximum absolute atomic E-state index is 5.81. The number of rotatable bonds is 5. The van der Waals surface area contributed by atoms with Gasteiger partial charge in [-0.3, -0.25) is 4.98 Å². The van der Waals surface area contributed by atoms with Gasteiger partial charge in [0, 0.05) is 29.4 Å². The fourth-order valence-electron chi connectivity index (χ4n) is 3.37. The predicted molar refractivity (Wildman–Crippen MR) is 84.7 cm³/mol. The molecular formula is C18H22N2O. The van der Waals surface area contributed by atoms with Gasteiger partial charge in [-0.2, -0.15) is 0 Å². The first kappa shape index (κ1) is 14.1. The Kier molecular flexibility index (Phi) is 4.20. The van der Waals surface area contributed by atoms with Crippen molar-refractivity contribution in [2.45, 2.75) is 31.7 Å². The van der Waals surface area contributed by atoms with Gasteiger partial charge in [0.2, 0.25) is 0 Å². The van der Waals surface area contributed by atoms with Gasteiger partial charge in [-0.05, 0) is 44.5 Å². The van der Waals surface area contributed by atoms with E-state index < -0.39 is 0 Å². The van der Waals surface area contributed by atoms with E-state index in [1.165, 1.54) is 16.8 Å². The minimum Gasteiger partial charge on any atom is -0.494 e. The Morgan fingerprint density at radius 3 is 2.95 bits per heavy atom. The molecule has 2 unspecified atom stereocenters. The molecule has 3 rings (SSSR count). The van der Waals surface area contributed by atoms with E-state index in [4.69, 9.17) is 4.74 Å². The second-order valence-corrected chi connectivity index (χ2v) is 5.43. The van der Waals surface area contributed by atoms with E-state index in [0.29, 0.717) is 12.5 Å². The summed E-state index contributed by atoms with van der Waals surface area (Å²) < 4.78 is 5.81. The molecule has 21 heavy (non-hydrogen) atoms. The van der Waals surface area contributed by atoms with E-state index in [-0.39, 0.29) is 6.04 Å². The number of para-hydroxylation sites is 1. The van der Waals surface area contributed by atoms with Crippen molar-refractivity contribution in [2.75, 3.05) is 13.7 Å². The summed E-state index contributed by atoms with van der Waals surface area (Å²) in [6.45, 7) is 2.71. The van der Waals surface area contributed by atoms with E-state index in [1.54, 1.807) is 0 Å². The van der Waals surface area contributed by atoms with Crippen LogP contribution in [-0.4, -0.2) is 18.6 Å². The fourth-order valence-corrected chi connectivity index (χ4v) is 3.37. The van der Waals surface area contributed by atoms with Crippen LogP contribution in [0.1, 0.15) is 42.1 Å². The third-order valence-electron chi connectivity index (χ3n) is 4.27. The summed E-state index contributed by atoms with van der Waals surface area (Å²) in [7, 11) is 2.02. The summed E-state index contributed by atoms with van der Waals surface area (Å²) in [5.41, 5.74) is 3.85. The van der Waals surface area contributed by atoms with Crippen LogP contribution in [0, 0.1) is 0 Å². The molecule has 110 valence electrons. The van der Waals surface area contributed by atoms with Crippen molar-refractivity contribution >= 4 is 0 Å². The molecule has 2 atom stereocenters. The zero-order chi connectivity index (χ0) is 14.7. The SMILES string of the molecule is CCOc1ccccc1C(NC)C1CCc2cccnc21. The molecule has 0 amide bonds. The number of aromatic nitrogens is 1. The molecule has 0 aliphatic heterocycles. The average molecular weight is 282 g/mol. The Morgan fingerprint density at radius 2 is 2.14 bits per heavy atom. The smallest absolute Gasteiger partial charge is 0.124 e. The van der Waals surface area contributed by atoms with E-state index >= 15 is 0 Å². The van der Waals surface area contributed by atoms with Crippen molar-refractivity contribution in [1.82, 2.24) is 10.3 Å². The first-order valence-corrected chi connectivity index (χ1v) is 7.68. The van der Waals surface area contributed by atoms with E-state index in [2.05, 4.69) is 34.6 Å². The maximum Gasteiger partial charge on any atom is 0.124 e. The van der Waals surface area contributed by atoms with Crippen molar-refractivity contribution in [2.24, 2.45) is 0 Å². The van der Waals surface area contributed by atoms with Crippen LogP contribution in [0.4, 0.5) is 0 Å². The molecule has 1 N–H and O–H groups in total. The molecule has 1 heterocycles. The highest BCUT2D eigenvalue weighted by atomic mass is 16.5. The molecule has 1 aromatic carbocycles. The highest BCUT2D eigenvalue weighted by Crippen LogP contribution is 2.42. The topological polar surface area (TPSA) is 34.1 Å². The van der Waals surface area contributed by atoms with E-state index in [0.717, 1.165) is 18.6 Å². The van der Waals surface area contributed by atoms with Crippen LogP contribution in [0.5, 0.6) is 5.75 Å². The molecule has 3 heteroatoms. The van der Waals surface area contributed by atoms with Gasteiger partial charge in [0.15, 0.2) is 0 Å². The Morgan fingerprint density at radius 1 is 1.29 bits per heavy atom. The van der Waals surface area contributed by atoms with Gasteiger partial charge in [0.05, 0.1) is 6.61 Å². The lowest BCUT2D eigenvalue weighted by Crippen LogP contribution is -2.24. The minimum atomic E-state index is 0.240. The summed E-state index contributed by atoms with van der Waals surface area (Å²) in [6.07, 6.45) is 4.15. The molecule has 1 aliphatic rings. The number of nitrogens with one attached hydrogen (secondary N) is 1. The van der Waals surface area contributed by atoms with Gasteiger partial charge in [0.25, 0.3) is 0 Å². The van der Waals surface area contributed by atoms with Crippen LogP contribution in [-0.2, 0) is 6.42 Å². The van der Waals surface area contributed by atoms with Crippen molar-refractivity contribution in [1.29, 1.82) is 0 Å². The Bertz CT molecular complexity index is 612.